The molecule has 2 aromatic carbocycles. The van der Waals surface area contributed by atoms with Crippen molar-refractivity contribution in [2.75, 3.05) is 26.2 Å². The Kier molecular flexibility index (Phi) is 8.09. The zero-order chi connectivity index (χ0) is 22.3. The summed E-state index contributed by atoms with van der Waals surface area (Å²) in [5.41, 5.74) is 2.14. The lowest BCUT2D eigenvalue weighted by molar-refractivity contribution is -0.126. The second kappa shape index (κ2) is 10.8. The van der Waals surface area contributed by atoms with E-state index in [1.807, 2.05) is 38.1 Å². The van der Waals surface area contributed by atoms with Crippen molar-refractivity contribution < 1.29 is 17.9 Å². The molecule has 31 heavy (non-hydrogen) atoms. The molecule has 3 rings (SSSR count). The number of piperidine rings is 1. The van der Waals surface area contributed by atoms with Gasteiger partial charge in [0.25, 0.3) is 0 Å². The SMILES string of the molecule is CCOc1ccccc1CCCNC(=O)C1CCCN(S(=O)(=O)c2ccc(C)cc2)C1. The topological polar surface area (TPSA) is 75.7 Å². The lowest BCUT2D eigenvalue weighted by atomic mass is 9.99. The van der Waals surface area contributed by atoms with Gasteiger partial charge in [-0.25, -0.2) is 8.42 Å². The Morgan fingerprint density at radius 3 is 2.65 bits per heavy atom. The molecule has 0 radical (unpaired) electrons. The highest BCUT2D eigenvalue weighted by atomic mass is 32.2. The molecule has 6 nitrogen and oxygen atoms in total. The fourth-order valence-electron chi connectivity index (χ4n) is 3.88. The van der Waals surface area contributed by atoms with E-state index in [9.17, 15) is 13.2 Å². The lowest BCUT2D eigenvalue weighted by Crippen LogP contribution is -2.45. The Morgan fingerprint density at radius 2 is 1.90 bits per heavy atom. The third-order valence-corrected chi connectivity index (χ3v) is 7.49. The number of carbonyl (C=O) groups excluding carboxylic acids is 1. The zero-order valence-corrected chi connectivity index (χ0v) is 19.2. The molecule has 0 bridgehead atoms. The van der Waals surface area contributed by atoms with Gasteiger partial charge in [0.1, 0.15) is 5.75 Å². The van der Waals surface area contributed by atoms with E-state index in [1.165, 1.54) is 4.31 Å². The first-order valence-electron chi connectivity index (χ1n) is 11.0. The molecule has 1 fully saturated rings. The van der Waals surface area contributed by atoms with Crippen LogP contribution in [0.1, 0.15) is 37.3 Å². The first-order chi connectivity index (χ1) is 14.9. The molecular formula is C24H32N2O4S. The molecule has 1 aliphatic rings. The Morgan fingerprint density at radius 1 is 1.16 bits per heavy atom. The molecule has 0 saturated carbocycles. The van der Waals surface area contributed by atoms with Gasteiger partial charge < -0.3 is 10.1 Å². The van der Waals surface area contributed by atoms with Crippen molar-refractivity contribution in [2.45, 2.75) is 44.4 Å². The standard InChI is InChI=1S/C24H32N2O4S/c1-3-30-23-11-5-4-8-20(23)9-6-16-25-24(27)21-10-7-17-26(18-21)31(28,29)22-14-12-19(2)13-15-22/h4-5,8,11-15,21H,3,6-7,9-10,16-18H2,1-2H3,(H,25,27). The molecule has 2 aromatic rings. The highest BCUT2D eigenvalue weighted by molar-refractivity contribution is 7.89. The van der Waals surface area contributed by atoms with Crippen molar-refractivity contribution in [1.29, 1.82) is 0 Å². The van der Waals surface area contributed by atoms with Gasteiger partial charge in [-0.15, -0.1) is 0 Å². The van der Waals surface area contributed by atoms with Crippen LogP contribution in [0.25, 0.3) is 0 Å². The fourth-order valence-corrected chi connectivity index (χ4v) is 5.40. The number of nitrogens with one attached hydrogen (secondary N) is 1. The Bertz CT molecular complexity index is 973. The summed E-state index contributed by atoms with van der Waals surface area (Å²) in [5.74, 6) is 0.507. The van der Waals surface area contributed by atoms with E-state index in [4.69, 9.17) is 4.74 Å². The van der Waals surface area contributed by atoms with Crippen LogP contribution in [0.2, 0.25) is 0 Å². The van der Waals surface area contributed by atoms with Gasteiger partial charge in [-0.1, -0.05) is 35.9 Å². The van der Waals surface area contributed by atoms with E-state index < -0.39 is 10.0 Å². The predicted octanol–water partition coefficient (Wildman–Crippen LogP) is 3.54. The second-order valence-electron chi connectivity index (χ2n) is 7.95. The van der Waals surface area contributed by atoms with Gasteiger partial charge in [0, 0.05) is 19.6 Å². The van der Waals surface area contributed by atoms with Crippen LogP contribution in [0.4, 0.5) is 0 Å². The van der Waals surface area contributed by atoms with Crippen molar-refractivity contribution in [1.82, 2.24) is 9.62 Å². The summed E-state index contributed by atoms with van der Waals surface area (Å²) in [5, 5.41) is 2.99. The van der Waals surface area contributed by atoms with Crippen LogP contribution >= 0.6 is 0 Å². The van der Waals surface area contributed by atoms with E-state index in [-0.39, 0.29) is 23.3 Å². The van der Waals surface area contributed by atoms with Crippen molar-refractivity contribution in [3.8, 4) is 5.75 Å². The minimum Gasteiger partial charge on any atom is -0.494 e. The summed E-state index contributed by atoms with van der Waals surface area (Å²) in [7, 11) is -3.58. The summed E-state index contributed by atoms with van der Waals surface area (Å²) in [6, 6.07) is 14.8. The molecule has 1 N–H and O–H groups in total. The van der Waals surface area contributed by atoms with Crippen molar-refractivity contribution >= 4 is 15.9 Å². The van der Waals surface area contributed by atoms with Gasteiger partial charge in [-0.3, -0.25) is 4.79 Å². The van der Waals surface area contributed by atoms with Crippen LogP contribution in [0.5, 0.6) is 5.75 Å². The van der Waals surface area contributed by atoms with E-state index in [0.717, 1.165) is 29.7 Å². The maximum atomic E-state index is 13.0. The van der Waals surface area contributed by atoms with Crippen LogP contribution in [-0.4, -0.2) is 44.9 Å². The van der Waals surface area contributed by atoms with E-state index in [2.05, 4.69) is 5.32 Å². The number of benzene rings is 2. The van der Waals surface area contributed by atoms with Crippen LogP contribution in [0, 0.1) is 12.8 Å². The van der Waals surface area contributed by atoms with Crippen molar-refractivity contribution in [2.24, 2.45) is 5.92 Å². The average molecular weight is 445 g/mol. The number of hydrogen-bond acceptors (Lipinski definition) is 4. The minimum absolute atomic E-state index is 0.0677. The minimum atomic E-state index is -3.58. The summed E-state index contributed by atoms with van der Waals surface area (Å²) >= 11 is 0. The van der Waals surface area contributed by atoms with Gasteiger partial charge in [-0.2, -0.15) is 4.31 Å². The predicted molar refractivity (Wildman–Crippen MR) is 122 cm³/mol. The number of nitrogens with zero attached hydrogens (tertiary/aromatic N) is 1. The van der Waals surface area contributed by atoms with Crippen molar-refractivity contribution in [3.63, 3.8) is 0 Å². The fraction of sp³-hybridized carbons (Fsp3) is 0.458. The largest absolute Gasteiger partial charge is 0.494 e. The quantitative estimate of drug-likeness (QED) is 0.600. The highest BCUT2D eigenvalue weighted by Gasteiger charge is 2.33. The molecule has 0 aliphatic carbocycles. The average Bonchev–Trinajstić information content (AvgIpc) is 2.78. The van der Waals surface area contributed by atoms with E-state index in [0.29, 0.717) is 32.5 Å². The van der Waals surface area contributed by atoms with E-state index >= 15 is 0 Å². The number of para-hydroxylation sites is 1. The molecule has 1 heterocycles. The molecule has 0 spiro atoms. The van der Waals surface area contributed by atoms with Crippen LogP contribution in [-0.2, 0) is 21.2 Å². The summed E-state index contributed by atoms with van der Waals surface area (Å²) in [6.07, 6.45) is 3.01. The lowest BCUT2D eigenvalue weighted by Gasteiger charge is -2.31. The Hall–Kier alpha value is -2.38. The third-order valence-electron chi connectivity index (χ3n) is 5.61. The summed E-state index contributed by atoms with van der Waals surface area (Å²) < 4.78 is 33.0. The zero-order valence-electron chi connectivity index (χ0n) is 18.3. The molecule has 1 amide bonds. The van der Waals surface area contributed by atoms with Crippen LogP contribution in [0.15, 0.2) is 53.4 Å². The number of sulfonamides is 1. The molecular weight excluding hydrogens is 412 g/mol. The first-order valence-corrected chi connectivity index (χ1v) is 12.4. The monoisotopic (exact) mass is 444 g/mol. The summed E-state index contributed by atoms with van der Waals surface area (Å²) in [6.45, 7) is 5.75. The van der Waals surface area contributed by atoms with Gasteiger partial charge in [0.2, 0.25) is 15.9 Å². The second-order valence-corrected chi connectivity index (χ2v) is 9.89. The van der Waals surface area contributed by atoms with Crippen molar-refractivity contribution in [3.05, 3.63) is 59.7 Å². The maximum absolute atomic E-state index is 13.0. The molecule has 0 aromatic heterocycles. The molecule has 1 saturated heterocycles. The van der Waals surface area contributed by atoms with Gasteiger partial charge in [-0.05, 0) is 63.3 Å². The first kappa shape index (κ1) is 23.3. The number of amides is 1. The molecule has 1 unspecified atom stereocenters. The number of aryl methyl sites for hydroxylation is 2. The molecule has 1 aliphatic heterocycles. The molecule has 7 heteroatoms. The van der Waals surface area contributed by atoms with Gasteiger partial charge in [0.05, 0.1) is 17.4 Å². The van der Waals surface area contributed by atoms with Gasteiger partial charge in [0.15, 0.2) is 0 Å². The number of rotatable bonds is 9. The van der Waals surface area contributed by atoms with Crippen LogP contribution in [0.3, 0.4) is 0 Å². The number of carbonyl (C=O) groups is 1. The molecule has 1 atom stereocenters. The normalized spacial score (nSPS) is 17.3. The van der Waals surface area contributed by atoms with Crippen LogP contribution < -0.4 is 10.1 Å². The highest BCUT2D eigenvalue weighted by Crippen LogP contribution is 2.24. The van der Waals surface area contributed by atoms with E-state index in [1.54, 1.807) is 24.3 Å². The number of ether oxygens (including phenoxy) is 1. The number of hydrogen-bond donors (Lipinski definition) is 1. The third kappa shape index (κ3) is 6.08. The van der Waals surface area contributed by atoms with Gasteiger partial charge >= 0.3 is 0 Å². The smallest absolute Gasteiger partial charge is 0.243 e. The maximum Gasteiger partial charge on any atom is 0.243 e. The molecule has 168 valence electrons. The summed E-state index contributed by atoms with van der Waals surface area (Å²) in [4.78, 5) is 13.0. The Labute approximate surface area is 185 Å². The Balaban J connectivity index is 1.51.